The fraction of sp³-hybridized carbons (Fsp3) is 0.0909. The summed E-state index contributed by atoms with van der Waals surface area (Å²) < 4.78 is 0. The second kappa shape index (κ2) is 4.60. The molecule has 0 amide bonds. The van der Waals surface area contributed by atoms with Gasteiger partial charge in [0.2, 0.25) is 0 Å². The normalized spacial score (nSPS) is 13.2. The number of anilines is 2. The minimum Gasteiger partial charge on any atom is -0.344 e. The summed E-state index contributed by atoms with van der Waals surface area (Å²) in [6.07, 6.45) is 1.00. The Bertz CT molecular complexity index is 1060. The highest BCUT2D eigenvalue weighted by molar-refractivity contribution is 6.00. The van der Waals surface area contributed by atoms with Crippen molar-refractivity contribution in [1.29, 1.82) is 0 Å². The van der Waals surface area contributed by atoms with Crippen molar-refractivity contribution in [2.45, 2.75) is 6.42 Å². The molecular weight excluding hydrogens is 278 g/mol. The van der Waals surface area contributed by atoms with E-state index in [1.165, 1.54) is 44.0 Å². The predicted octanol–water partition coefficient (Wildman–Crippen LogP) is 5.67. The average molecular weight is 295 g/mol. The second-order valence-corrected chi connectivity index (χ2v) is 6.36. The van der Waals surface area contributed by atoms with Crippen molar-refractivity contribution >= 4 is 32.9 Å². The maximum Gasteiger partial charge on any atom is 0.0523 e. The average Bonchev–Trinajstić information content (AvgIpc) is 2.60. The lowest BCUT2D eigenvalue weighted by atomic mass is 9.91. The van der Waals surface area contributed by atoms with Crippen LogP contribution in [0.1, 0.15) is 11.1 Å². The fourth-order valence-corrected chi connectivity index (χ4v) is 3.89. The van der Waals surface area contributed by atoms with Crippen molar-refractivity contribution in [1.82, 2.24) is 0 Å². The molecule has 1 nitrogen and oxygen atoms in total. The Morgan fingerprint density at radius 2 is 1.39 bits per heavy atom. The minimum atomic E-state index is 1.00. The number of fused-ring (bicyclic) bond motifs is 5. The smallest absolute Gasteiger partial charge is 0.0523 e. The maximum atomic E-state index is 2.36. The van der Waals surface area contributed by atoms with E-state index >= 15 is 0 Å². The van der Waals surface area contributed by atoms with Crippen LogP contribution in [0.5, 0.6) is 0 Å². The number of benzene rings is 4. The third kappa shape index (κ3) is 1.80. The Morgan fingerprint density at radius 3 is 2.22 bits per heavy atom. The molecule has 5 rings (SSSR count). The molecule has 23 heavy (non-hydrogen) atoms. The van der Waals surface area contributed by atoms with Gasteiger partial charge in [0.05, 0.1) is 5.69 Å². The third-order valence-electron chi connectivity index (χ3n) is 5.01. The van der Waals surface area contributed by atoms with E-state index in [0.29, 0.717) is 0 Å². The number of rotatable bonds is 0. The van der Waals surface area contributed by atoms with Crippen LogP contribution in [0.3, 0.4) is 0 Å². The molecule has 1 aliphatic heterocycles. The van der Waals surface area contributed by atoms with Gasteiger partial charge in [-0.05, 0) is 39.4 Å². The molecule has 0 saturated carbocycles. The summed E-state index contributed by atoms with van der Waals surface area (Å²) in [5, 5.41) is 5.28. The Labute approximate surface area is 135 Å². The lowest BCUT2D eigenvalue weighted by Gasteiger charge is -2.32. The van der Waals surface area contributed by atoms with Gasteiger partial charge in [-0.1, -0.05) is 60.7 Å². The quantitative estimate of drug-likeness (QED) is 0.404. The summed E-state index contributed by atoms with van der Waals surface area (Å²) >= 11 is 0. The molecule has 1 heterocycles. The van der Waals surface area contributed by atoms with E-state index < -0.39 is 0 Å². The molecule has 0 saturated heterocycles. The standard InChI is InChI=1S/C22H17N/c1-23-21-14-17-8-3-2-7-16(17)12-19(21)13-18-11-10-15-6-4-5-9-20(15)22(18)23/h2-12,14H,13H2,1H3. The van der Waals surface area contributed by atoms with Crippen molar-refractivity contribution in [2.24, 2.45) is 0 Å². The van der Waals surface area contributed by atoms with Gasteiger partial charge in [-0.25, -0.2) is 0 Å². The Kier molecular flexibility index (Phi) is 2.54. The molecule has 0 radical (unpaired) electrons. The lowest BCUT2D eigenvalue weighted by molar-refractivity contribution is 1.07. The van der Waals surface area contributed by atoms with Crippen LogP contribution in [0, 0.1) is 0 Å². The van der Waals surface area contributed by atoms with Crippen molar-refractivity contribution in [3.63, 3.8) is 0 Å². The highest BCUT2D eigenvalue weighted by atomic mass is 15.1. The molecule has 4 aromatic rings. The third-order valence-corrected chi connectivity index (χ3v) is 5.01. The zero-order chi connectivity index (χ0) is 15.4. The summed E-state index contributed by atoms with van der Waals surface area (Å²) in [5.41, 5.74) is 5.50. The van der Waals surface area contributed by atoms with E-state index in [9.17, 15) is 0 Å². The van der Waals surface area contributed by atoms with Gasteiger partial charge in [0.15, 0.2) is 0 Å². The molecule has 0 N–H and O–H groups in total. The van der Waals surface area contributed by atoms with Crippen LogP contribution in [0.25, 0.3) is 21.5 Å². The van der Waals surface area contributed by atoms with Gasteiger partial charge in [-0.2, -0.15) is 0 Å². The Hall–Kier alpha value is -2.80. The van der Waals surface area contributed by atoms with Crippen molar-refractivity contribution < 1.29 is 0 Å². The summed E-state index contributed by atoms with van der Waals surface area (Å²) in [7, 11) is 2.19. The maximum absolute atomic E-state index is 2.36. The topological polar surface area (TPSA) is 3.24 Å². The Morgan fingerprint density at radius 1 is 0.696 bits per heavy atom. The zero-order valence-electron chi connectivity index (χ0n) is 13.1. The van der Waals surface area contributed by atoms with Crippen LogP contribution in [-0.2, 0) is 6.42 Å². The largest absolute Gasteiger partial charge is 0.344 e. The molecule has 110 valence electrons. The van der Waals surface area contributed by atoms with Gasteiger partial charge < -0.3 is 4.90 Å². The fourth-order valence-electron chi connectivity index (χ4n) is 3.89. The molecule has 0 spiro atoms. The molecule has 0 unspecified atom stereocenters. The first-order chi connectivity index (χ1) is 11.3. The Balaban J connectivity index is 1.80. The molecular formula is C22H17N. The van der Waals surface area contributed by atoms with Crippen molar-refractivity contribution in [2.75, 3.05) is 11.9 Å². The van der Waals surface area contributed by atoms with E-state index in [0.717, 1.165) is 6.42 Å². The van der Waals surface area contributed by atoms with E-state index in [1.54, 1.807) is 0 Å². The van der Waals surface area contributed by atoms with Crippen LogP contribution < -0.4 is 4.90 Å². The molecule has 1 heteroatoms. The molecule has 4 aromatic carbocycles. The van der Waals surface area contributed by atoms with E-state index in [4.69, 9.17) is 0 Å². The van der Waals surface area contributed by atoms with Crippen LogP contribution in [0.15, 0.2) is 72.8 Å². The number of nitrogens with zero attached hydrogens (tertiary/aromatic N) is 1. The molecule has 1 aliphatic rings. The van der Waals surface area contributed by atoms with E-state index in [1.807, 2.05) is 0 Å². The summed E-state index contributed by atoms with van der Waals surface area (Å²) in [4.78, 5) is 2.36. The van der Waals surface area contributed by atoms with Crippen LogP contribution >= 0.6 is 0 Å². The molecule has 0 aliphatic carbocycles. The minimum absolute atomic E-state index is 1.00. The first-order valence-corrected chi connectivity index (χ1v) is 8.07. The van der Waals surface area contributed by atoms with Crippen LogP contribution in [-0.4, -0.2) is 7.05 Å². The SMILES string of the molecule is CN1c2cc3ccccc3cc2Cc2ccc3ccccc3c21. The van der Waals surface area contributed by atoms with E-state index in [-0.39, 0.29) is 0 Å². The first kappa shape index (κ1) is 12.7. The number of hydrogen-bond acceptors (Lipinski definition) is 1. The van der Waals surface area contributed by atoms with Crippen LogP contribution in [0.2, 0.25) is 0 Å². The van der Waals surface area contributed by atoms with Gasteiger partial charge in [0.25, 0.3) is 0 Å². The van der Waals surface area contributed by atoms with Gasteiger partial charge in [0, 0.05) is 24.5 Å². The van der Waals surface area contributed by atoms with Gasteiger partial charge >= 0.3 is 0 Å². The molecule has 0 atom stereocenters. The van der Waals surface area contributed by atoms with Crippen LogP contribution in [0.4, 0.5) is 11.4 Å². The monoisotopic (exact) mass is 295 g/mol. The highest BCUT2D eigenvalue weighted by Crippen LogP contribution is 2.43. The van der Waals surface area contributed by atoms with Crippen molar-refractivity contribution in [3.05, 3.63) is 83.9 Å². The summed E-state index contributed by atoms with van der Waals surface area (Å²) in [6.45, 7) is 0. The van der Waals surface area contributed by atoms with Gasteiger partial charge in [-0.15, -0.1) is 0 Å². The van der Waals surface area contributed by atoms with E-state index in [2.05, 4.69) is 84.7 Å². The predicted molar refractivity (Wildman–Crippen MR) is 98.8 cm³/mol. The van der Waals surface area contributed by atoms with Gasteiger partial charge in [0.1, 0.15) is 0 Å². The van der Waals surface area contributed by atoms with Crippen molar-refractivity contribution in [3.8, 4) is 0 Å². The first-order valence-electron chi connectivity index (χ1n) is 8.07. The molecule has 0 fully saturated rings. The lowest BCUT2D eigenvalue weighted by Crippen LogP contribution is -2.18. The molecule has 0 aromatic heterocycles. The second-order valence-electron chi connectivity index (χ2n) is 6.36. The molecule has 0 bridgehead atoms. The zero-order valence-corrected chi connectivity index (χ0v) is 13.1. The number of hydrogen-bond donors (Lipinski definition) is 0. The summed E-state index contributed by atoms with van der Waals surface area (Å²) in [6, 6.07) is 26.5. The highest BCUT2D eigenvalue weighted by Gasteiger charge is 2.22. The van der Waals surface area contributed by atoms with Gasteiger partial charge in [-0.3, -0.25) is 0 Å². The summed E-state index contributed by atoms with van der Waals surface area (Å²) in [5.74, 6) is 0.